The maximum absolute atomic E-state index is 11.0. The first-order valence-corrected chi connectivity index (χ1v) is 8.26. The van der Waals surface area contributed by atoms with Gasteiger partial charge in [-0.25, -0.2) is 4.98 Å². The number of para-hydroxylation sites is 1. The highest BCUT2D eigenvalue weighted by molar-refractivity contribution is 6.12. The fraction of sp³-hybridized carbons (Fsp3) is 0. The number of hydrogen-bond acceptors (Lipinski definition) is 3. The monoisotopic (exact) mass is 339 g/mol. The Labute approximate surface area is 148 Å². The number of benzene rings is 2. The number of fused-ring (bicyclic) bond motifs is 5. The minimum absolute atomic E-state index is 0.0748. The van der Waals surface area contributed by atoms with E-state index in [1.54, 1.807) is 12.1 Å². The molecule has 0 bridgehead atoms. The van der Waals surface area contributed by atoms with Crippen molar-refractivity contribution >= 4 is 33.0 Å². The summed E-state index contributed by atoms with van der Waals surface area (Å²) in [6, 6.07) is 22.8. The summed E-state index contributed by atoms with van der Waals surface area (Å²) in [5, 5.41) is 13.2. The molecule has 0 aliphatic heterocycles. The molecule has 0 amide bonds. The maximum Gasteiger partial charge on any atom is 0.269 e. The number of nitro groups is 1. The number of nitro benzene ring substituents is 1. The van der Waals surface area contributed by atoms with Crippen molar-refractivity contribution in [3.8, 4) is 11.3 Å². The van der Waals surface area contributed by atoms with Crippen molar-refractivity contribution in [1.82, 2.24) is 9.38 Å². The van der Waals surface area contributed by atoms with Gasteiger partial charge in [0.1, 0.15) is 0 Å². The molecule has 5 rings (SSSR count). The minimum atomic E-state index is -0.389. The molecule has 5 nitrogen and oxygen atoms in total. The third-order valence-electron chi connectivity index (χ3n) is 4.68. The second kappa shape index (κ2) is 5.39. The summed E-state index contributed by atoms with van der Waals surface area (Å²) < 4.78 is 2.12. The molecule has 5 heteroatoms. The molecule has 0 spiro atoms. The summed E-state index contributed by atoms with van der Waals surface area (Å²) in [6.07, 6.45) is 2.02. The van der Waals surface area contributed by atoms with Gasteiger partial charge in [-0.15, -0.1) is 0 Å². The lowest BCUT2D eigenvalue weighted by Crippen LogP contribution is -1.93. The van der Waals surface area contributed by atoms with Gasteiger partial charge in [0.05, 0.1) is 21.7 Å². The zero-order valence-corrected chi connectivity index (χ0v) is 13.7. The Balaban J connectivity index is 1.92. The fourth-order valence-corrected chi connectivity index (χ4v) is 3.49. The summed E-state index contributed by atoms with van der Waals surface area (Å²) in [5.74, 6) is 0. The van der Waals surface area contributed by atoms with Crippen LogP contribution in [0.25, 0.3) is 38.6 Å². The predicted molar refractivity (Wildman–Crippen MR) is 102 cm³/mol. The van der Waals surface area contributed by atoms with Crippen molar-refractivity contribution in [2.45, 2.75) is 0 Å². The second-order valence-corrected chi connectivity index (χ2v) is 6.18. The summed E-state index contributed by atoms with van der Waals surface area (Å²) >= 11 is 0. The van der Waals surface area contributed by atoms with Gasteiger partial charge in [0.15, 0.2) is 0 Å². The molecular weight excluding hydrogens is 326 g/mol. The second-order valence-electron chi connectivity index (χ2n) is 6.18. The van der Waals surface area contributed by atoms with E-state index in [2.05, 4.69) is 22.6 Å². The molecule has 0 aliphatic carbocycles. The van der Waals surface area contributed by atoms with E-state index < -0.39 is 0 Å². The first kappa shape index (κ1) is 14.6. The first-order chi connectivity index (χ1) is 12.7. The summed E-state index contributed by atoms with van der Waals surface area (Å²) in [5.41, 5.74) is 4.75. The highest BCUT2D eigenvalue weighted by atomic mass is 16.6. The number of non-ortho nitro benzene ring substituents is 1. The van der Waals surface area contributed by atoms with E-state index in [0.29, 0.717) is 0 Å². The van der Waals surface area contributed by atoms with E-state index in [4.69, 9.17) is 4.98 Å². The van der Waals surface area contributed by atoms with Crippen LogP contribution >= 0.6 is 0 Å². The maximum atomic E-state index is 11.0. The van der Waals surface area contributed by atoms with Gasteiger partial charge in [-0.2, -0.15) is 0 Å². The highest BCUT2D eigenvalue weighted by Gasteiger charge is 2.15. The largest absolute Gasteiger partial charge is 0.315 e. The molecular formula is C21H13N3O2. The molecule has 0 unspecified atom stereocenters. The Morgan fingerprint density at radius 3 is 2.46 bits per heavy atom. The Morgan fingerprint density at radius 2 is 1.65 bits per heavy atom. The summed E-state index contributed by atoms with van der Waals surface area (Å²) in [7, 11) is 0. The van der Waals surface area contributed by atoms with E-state index in [1.165, 1.54) is 12.1 Å². The van der Waals surface area contributed by atoms with Crippen LogP contribution in [0.4, 0.5) is 5.69 Å². The molecule has 0 atom stereocenters. The summed E-state index contributed by atoms with van der Waals surface area (Å²) in [6.45, 7) is 0. The molecule has 5 aromatic rings. The van der Waals surface area contributed by atoms with Gasteiger partial charge in [-0.05, 0) is 36.4 Å². The number of nitrogens with zero attached hydrogens (tertiary/aromatic N) is 3. The van der Waals surface area contributed by atoms with Crippen molar-refractivity contribution in [3.63, 3.8) is 0 Å². The zero-order chi connectivity index (χ0) is 17.7. The van der Waals surface area contributed by atoms with Gasteiger partial charge < -0.3 is 4.40 Å². The number of aromatic nitrogens is 2. The third-order valence-corrected chi connectivity index (χ3v) is 4.68. The summed E-state index contributed by atoms with van der Waals surface area (Å²) in [4.78, 5) is 15.4. The van der Waals surface area contributed by atoms with Gasteiger partial charge in [0.25, 0.3) is 5.69 Å². The van der Waals surface area contributed by atoms with Crippen molar-refractivity contribution in [3.05, 3.63) is 89.1 Å². The predicted octanol–water partition coefficient (Wildman–Crippen LogP) is 5.22. The molecule has 2 aromatic carbocycles. The average Bonchev–Trinajstić information content (AvgIpc) is 3.07. The van der Waals surface area contributed by atoms with Crippen LogP contribution in [0.15, 0.2) is 79.0 Å². The molecule has 3 heterocycles. The molecule has 0 N–H and O–H groups in total. The number of hydrogen-bond donors (Lipinski definition) is 0. The van der Waals surface area contributed by atoms with Crippen LogP contribution < -0.4 is 0 Å². The average molecular weight is 339 g/mol. The number of pyridine rings is 2. The van der Waals surface area contributed by atoms with E-state index in [0.717, 1.165) is 38.6 Å². The minimum Gasteiger partial charge on any atom is -0.315 e. The van der Waals surface area contributed by atoms with Gasteiger partial charge in [0.2, 0.25) is 0 Å². The molecule has 0 saturated carbocycles. The van der Waals surface area contributed by atoms with E-state index in [9.17, 15) is 10.1 Å². The van der Waals surface area contributed by atoms with Gasteiger partial charge >= 0.3 is 0 Å². The normalized spacial score (nSPS) is 11.4. The van der Waals surface area contributed by atoms with E-state index in [1.807, 2.05) is 36.5 Å². The topological polar surface area (TPSA) is 60.4 Å². The van der Waals surface area contributed by atoms with Crippen LogP contribution in [0.2, 0.25) is 0 Å². The molecule has 124 valence electrons. The molecule has 0 fully saturated rings. The third kappa shape index (κ3) is 2.07. The lowest BCUT2D eigenvalue weighted by atomic mass is 10.0. The van der Waals surface area contributed by atoms with E-state index in [-0.39, 0.29) is 10.6 Å². The molecule has 0 saturated heterocycles. The SMILES string of the molecule is O=[N+]([O-])c1ccc(-c2nc3ccccc3c3cc4ccccn4c23)cc1. The standard InChI is InChI=1S/C21H13N3O2/c25-24(26)15-10-8-14(9-11-15)20-21-18(13-16-5-3-4-12-23(16)21)17-6-1-2-7-19(17)22-20/h1-13H. The van der Waals surface area contributed by atoms with Crippen LogP contribution in [0.5, 0.6) is 0 Å². The Bertz CT molecular complexity index is 1300. The van der Waals surface area contributed by atoms with Crippen molar-refractivity contribution < 1.29 is 4.92 Å². The van der Waals surface area contributed by atoms with E-state index >= 15 is 0 Å². The van der Waals surface area contributed by atoms with Gasteiger partial charge in [-0.3, -0.25) is 10.1 Å². The number of rotatable bonds is 2. The van der Waals surface area contributed by atoms with Crippen LogP contribution in [-0.4, -0.2) is 14.3 Å². The molecule has 0 aliphatic rings. The van der Waals surface area contributed by atoms with Gasteiger partial charge in [-0.1, -0.05) is 24.3 Å². The van der Waals surface area contributed by atoms with Crippen LogP contribution in [0, 0.1) is 10.1 Å². The van der Waals surface area contributed by atoms with Crippen LogP contribution in [0.3, 0.4) is 0 Å². The Hall–Kier alpha value is -3.73. The molecule has 26 heavy (non-hydrogen) atoms. The lowest BCUT2D eigenvalue weighted by Gasteiger charge is -2.08. The highest BCUT2D eigenvalue weighted by Crippen LogP contribution is 2.35. The zero-order valence-electron chi connectivity index (χ0n) is 13.7. The Morgan fingerprint density at radius 1 is 0.885 bits per heavy atom. The van der Waals surface area contributed by atoms with Gasteiger partial charge in [0, 0.05) is 40.2 Å². The Kier molecular flexibility index (Phi) is 3.03. The quantitative estimate of drug-likeness (QED) is 0.327. The first-order valence-electron chi connectivity index (χ1n) is 8.26. The lowest BCUT2D eigenvalue weighted by molar-refractivity contribution is -0.384. The van der Waals surface area contributed by atoms with Crippen molar-refractivity contribution in [2.75, 3.05) is 0 Å². The fourth-order valence-electron chi connectivity index (χ4n) is 3.49. The molecule has 0 radical (unpaired) electrons. The van der Waals surface area contributed by atoms with Crippen molar-refractivity contribution in [2.24, 2.45) is 0 Å². The van der Waals surface area contributed by atoms with Crippen LogP contribution in [0.1, 0.15) is 0 Å². The smallest absolute Gasteiger partial charge is 0.269 e. The molecule has 3 aromatic heterocycles. The van der Waals surface area contributed by atoms with Crippen LogP contribution in [-0.2, 0) is 0 Å². The van der Waals surface area contributed by atoms with Crippen molar-refractivity contribution in [1.29, 1.82) is 0 Å².